The molecule has 0 aliphatic heterocycles. The van der Waals surface area contributed by atoms with E-state index in [1.54, 1.807) is 24.3 Å². The molecule has 1 atom stereocenters. The van der Waals surface area contributed by atoms with Crippen molar-refractivity contribution >= 4 is 29.1 Å². The largest absolute Gasteiger partial charge is 0.325 e. The number of aryl methyl sites for hydroxylation is 1. The molecule has 1 N–H and O–H groups in total. The minimum atomic E-state index is -0.311. The molecule has 0 saturated carbocycles. The molecule has 6 heteroatoms. The number of nitrogens with one attached hydrogen (secondary N) is 1. The number of anilines is 1. The Hall–Kier alpha value is -2.99. The van der Waals surface area contributed by atoms with Gasteiger partial charge in [-0.05, 0) is 38.5 Å². The molecule has 1 aromatic heterocycles. The molecule has 2 aromatic carbocycles. The smallest absolute Gasteiger partial charge is 0.237 e. The maximum absolute atomic E-state index is 12.8. The van der Waals surface area contributed by atoms with Crippen molar-refractivity contribution in [2.75, 3.05) is 5.32 Å². The Kier molecular flexibility index (Phi) is 6.77. The number of Topliss-reactive ketones (excluding diaryl/α,β-unsaturated/α-hetero) is 1. The summed E-state index contributed by atoms with van der Waals surface area (Å²) in [5.74, 6) is 0.515. The van der Waals surface area contributed by atoms with Gasteiger partial charge in [-0.25, -0.2) is 9.97 Å². The van der Waals surface area contributed by atoms with Crippen LogP contribution in [0, 0.1) is 6.92 Å². The van der Waals surface area contributed by atoms with E-state index in [4.69, 9.17) is 0 Å². The van der Waals surface area contributed by atoms with Gasteiger partial charge in [0.05, 0.1) is 10.9 Å². The van der Waals surface area contributed by atoms with E-state index in [0.717, 1.165) is 16.3 Å². The number of ketones is 1. The number of thioether (sulfide) groups is 1. The molecule has 3 rings (SSSR count). The van der Waals surface area contributed by atoms with Crippen LogP contribution < -0.4 is 5.32 Å². The second-order valence-corrected chi connectivity index (χ2v) is 7.87. The second-order valence-electron chi connectivity index (χ2n) is 6.65. The van der Waals surface area contributed by atoms with Gasteiger partial charge in [-0.1, -0.05) is 61.2 Å². The monoisotopic (exact) mass is 405 g/mol. The van der Waals surface area contributed by atoms with Crippen LogP contribution in [-0.4, -0.2) is 26.9 Å². The highest BCUT2D eigenvalue weighted by Gasteiger charge is 2.20. The lowest BCUT2D eigenvalue weighted by molar-refractivity contribution is -0.115. The van der Waals surface area contributed by atoms with E-state index in [9.17, 15) is 9.59 Å². The summed E-state index contributed by atoms with van der Waals surface area (Å²) in [6.07, 6.45) is 0.645. The van der Waals surface area contributed by atoms with Gasteiger partial charge in [0.25, 0.3) is 0 Å². The number of aromatic nitrogens is 2. The van der Waals surface area contributed by atoms with Gasteiger partial charge in [0, 0.05) is 16.8 Å². The first-order valence-corrected chi connectivity index (χ1v) is 10.3. The van der Waals surface area contributed by atoms with E-state index in [2.05, 4.69) is 15.3 Å². The summed E-state index contributed by atoms with van der Waals surface area (Å²) in [4.78, 5) is 33.4. The minimum absolute atomic E-state index is 0.0348. The maximum Gasteiger partial charge on any atom is 0.237 e. The zero-order valence-electron chi connectivity index (χ0n) is 16.7. The summed E-state index contributed by atoms with van der Waals surface area (Å²) in [6, 6.07) is 18.8. The van der Waals surface area contributed by atoms with Crippen LogP contribution in [0.2, 0.25) is 0 Å². The Morgan fingerprint density at radius 2 is 1.79 bits per heavy atom. The van der Waals surface area contributed by atoms with Crippen LogP contribution in [-0.2, 0) is 4.79 Å². The summed E-state index contributed by atoms with van der Waals surface area (Å²) in [5, 5.41) is 3.36. The van der Waals surface area contributed by atoms with Crippen LogP contribution in [0.25, 0.3) is 11.3 Å². The van der Waals surface area contributed by atoms with E-state index < -0.39 is 0 Å². The van der Waals surface area contributed by atoms with Crippen molar-refractivity contribution in [2.24, 2.45) is 0 Å². The van der Waals surface area contributed by atoms with Crippen LogP contribution in [0.1, 0.15) is 36.5 Å². The van der Waals surface area contributed by atoms with Gasteiger partial charge >= 0.3 is 0 Å². The predicted molar refractivity (Wildman–Crippen MR) is 117 cm³/mol. The van der Waals surface area contributed by atoms with Gasteiger partial charge in [-0.2, -0.15) is 0 Å². The third-order valence-electron chi connectivity index (χ3n) is 4.35. The molecule has 0 aliphatic carbocycles. The van der Waals surface area contributed by atoms with Gasteiger partial charge in [0.2, 0.25) is 5.91 Å². The lowest BCUT2D eigenvalue weighted by Gasteiger charge is -2.15. The highest BCUT2D eigenvalue weighted by molar-refractivity contribution is 8.00. The van der Waals surface area contributed by atoms with E-state index in [0.29, 0.717) is 23.5 Å². The summed E-state index contributed by atoms with van der Waals surface area (Å²) < 4.78 is 0. The van der Waals surface area contributed by atoms with Crippen LogP contribution in [0.4, 0.5) is 5.69 Å². The van der Waals surface area contributed by atoms with E-state index in [1.807, 2.05) is 50.2 Å². The van der Waals surface area contributed by atoms with E-state index in [-0.39, 0.29) is 16.9 Å². The van der Waals surface area contributed by atoms with Crippen molar-refractivity contribution in [1.29, 1.82) is 0 Å². The third-order valence-corrected chi connectivity index (χ3v) is 5.63. The lowest BCUT2D eigenvalue weighted by Crippen LogP contribution is -2.24. The van der Waals surface area contributed by atoms with Crippen molar-refractivity contribution < 1.29 is 9.59 Å². The second kappa shape index (κ2) is 9.47. The Morgan fingerprint density at radius 1 is 1.03 bits per heavy atom. The topological polar surface area (TPSA) is 72.0 Å². The van der Waals surface area contributed by atoms with Crippen molar-refractivity contribution in [2.45, 2.75) is 37.5 Å². The van der Waals surface area contributed by atoms with Crippen molar-refractivity contribution in [3.8, 4) is 11.3 Å². The number of carbonyl (C=O) groups excluding carboxylic acids is 2. The van der Waals surface area contributed by atoms with Gasteiger partial charge in [-0.3, -0.25) is 9.59 Å². The molecule has 29 heavy (non-hydrogen) atoms. The molecule has 0 radical (unpaired) electrons. The number of nitrogens with zero attached hydrogens (tertiary/aromatic N) is 2. The standard InChI is InChI=1S/C23H23N3O2S/c1-4-21(23(28)26-19-12-8-11-18(13-19)15(2)27)29-22-14-20(24-16(3)25-22)17-9-6-5-7-10-17/h5-14,21H,4H2,1-3H3,(H,26,28). The molecular weight excluding hydrogens is 382 g/mol. The van der Waals surface area contributed by atoms with Gasteiger partial charge < -0.3 is 5.32 Å². The van der Waals surface area contributed by atoms with Crippen LogP contribution >= 0.6 is 11.8 Å². The minimum Gasteiger partial charge on any atom is -0.325 e. The van der Waals surface area contributed by atoms with E-state index >= 15 is 0 Å². The third kappa shape index (κ3) is 5.51. The fourth-order valence-electron chi connectivity index (χ4n) is 2.86. The number of hydrogen-bond donors (Lipinski definition) is 1. The Morgan fingerprint density at radius 3 is 2.48 bits per heavy atom. The Bertz CT molecular complexity index is 1020. The molecule has 0 saturated heterocycles. The van der Waals surface area contributed by atoms with Gasteiger partial charge in [-0.15, -0.1) is 0 Å². The first-order valence-electron chi connectivity index (χ1n) is 9.46. The van der Waals surface area contributed by atoms with E-state index in [1.165, 1.54) is 18.7 Å². The predicted octanol–water partition coefficient (Wildman–Crippen LogP) is 5.16. The maximum atomic E-state index is 12.8. The molecular formula is C23H23N3O2S. The van der Waals surface area contributed by atoms with Gasteiger partial charge in [0.15, 0.2) is 5.78 Å². The first-order chi connectivity index (χ1) is 14.0. The SMILES string of the molecule is CCC(Sc1cc(-c2ccccc2)nc(C)n1)C(=O)Nc1cccc(C(C)=O)c1. The molecule has 5 nitrogen and oxygen atoms in total. The number of rotatable bonds is 7. The highest BCUT2D eigenvalue weighted by atomic mass is 32.2. The molecule has 0 spiro atoms. The van der Waals surface area contributed by atoms with Gasteiger partial charge in [0.1, 0.15) is 10.9 Å². The van der Waals surface area contributed by atoms with Crippen LogP contribution in [0.5, 0.6) is 0 Å². The summed E-state index contributed by atoms with van der Waals surface area (Å²) in [6.45, 7) is 5.33. The summed E-state index contributed by atoms with van der Waals surface area (Å²) in [7, 11) is 0. The molecule has 1 amide bonds. The Labute approximate surface area is 175 Å². The van der Waals surface area contributed by atoms with Crippen molar-refractivity contribution in [1.82, 2.24) is 9.97 Å². The molecule has 1 heterocycles. The average Bonchev–Trinajstić information content (AvgIpc) is 2.72. The number of benzene rings is 2. The summed E-state index contributed by atoms with van der Waals surface area (Å²) in [5.41, 5.74) is 3.04. The lowest BCUT2D eigenvalue weighted by atomic mass is 10.1. The quantitative estimate of drug-likeness (QED) is 0.334. The fourth-order valence-corrected chi connectivity index (χ4v) is 3.85. The zero-order valence-corrected chi connectivity index (χ0v) is 17.5. The fraction of sp³-hybridized carbons (Fsp3) is 0.217. The first kappa shape index (κ1) is 20.7. The van der Waals surface area contributed by atoms with Crippen LogP contribution in [0.3, 0.4) is 0 Å². The number of carbonyl (C=O) groups is 2. The van der Waals surface area contributed by atoms with Crippen molar-refractivity contribution in [3.05, 3.63) is 72.1 Å². The normalized spacial score (nSPS) is 11.7. The Balaban J connectivity index is 1.77. The average molecular weight is 406 g/mol. The molecule has 0 bridgehead atoms. The van der Waals surface area contributed by atoms with Crippen molar-refractivity contribution in [3.63, 3.8) is 0 Å². The number of hydrogen-bond acceptors (Lipinski definition) is 5. The zero-order chi connectivity index (χ0) is 20.8. The molecule has 0 fully saturated rings. The molecule has 148 valence electrons. The summed E-state index contributed by atoms with van der Waals surface area (Å²) >= 11 is 1.42. The highest BCUT2D eigenvalue weighted by Crippen LogP contribution is 2.28. The van der Waals surface area contributed by atoms with Crippen LogP contribution in [0.15, 0.2) is 65.7 Å². The molecule has 1 unspecified atom stereocenters. The molecule has 3 aromatic rings. The number of amides is 1. The molecule has 0 aliphatic rings.